The van der Waals surface area contributed by atoms with Crippen molar-refractivity contribution in [3.8, 4) is 11.3 Å². The molecule has 0 spiro atoms. The van der Waals surface area contributed by atoms with Gasteiger partial charge in [-0.25, -0.2) is 0 Å². The quantitative estimate of drug-likeness (QED) is 0.833. The number of rotatable bonds is 1. The van der Waals surface area contributed by atoms with Crippen LogP contribution in [0.25, 0.3) is 11.3 Å². The van der Waals surface area contributed by atoms with Gasteiger partial charge in [0.1, 0.15) is 5.82 Å². The molecule has 0 aliphatic heterocycles. The van der Waals surface area contributed by atoms with E-state index in [9.17, 15) is 0 Å². The summed E-state index contributed by atoms with van der Waals surface area (Å²) in [7, 11) is 0. The highest BCUT2D eigenvalue weighted by atomic mass is 35.5. The highest BCUT2D eigenvalue weighted by molar-refractivity contribution is 6.42. The summed E-state index contributed by atoms with van der Waals surface area (Å²) < 4.78 is 0. The Kier molecular flexibility index (Phi) is 2.75. The minimum Gasteiger partial charge on any atom is -0.382 e. The molecule has 5 heteroatoms. The fraction of sp³-hybridized carbons (Fsp3) is 0. The summed E-state index contributed by atoms with van der Waals surface area (Å²) >= 11 is 11.7. The summed E-state index contributed by atoms with van der Waals surface area (Å²) in [5, 5.41) is 8.71. The Balaban J connectivity index is 2.45. The average molecular weight is 240 g/mol. The van der Waals surface area contributed by atoms with Crippen molar-refractivity contribution >= 4 is 29.0 Å². The molecule has 0 amide bonds. The van der Waals surface area contributed by atoms with Crippen LogP contribution in [0.5, 0.6) is 0 Å². The average Bonchev–Trinajstić information content (AvgIpc) is 2.23. The van der Waals surface area contributed by atoms with Gasteiger partial charge in [-0.1, -0.05) is 29.3 Å². The summed E-state index contributed by atoms with van der Waals surface area (Å²) in [6, 6.07) is 8.75. The fourth-order valence-corrected chi connectivity index (χ4v) is 1.45. The van der Waals surface area contributed by atoms with E-state index >= 15 is 0 Å². The van der Waals surface area contributed by atoms with E-state index in [2.05, 4.69) is 10.2 Å². The van der Waals surface area contributed by atoms with Crippen molar-refractivity contribution in [3.05, 3.63) is 40.4 Å². The number of anilines is 1. The Bertz CT molecular complexity index is 483. The molecule has 15 heavy (non-hydrogen) atoms. The lowest BCUT2D eigenvalue weighted by Gasteiger charge is -2.01. The molecule has 0 bridgehead atoms. The summed E-state index contributed by atoms with van der Waals surface area (Å²) in [6.07, 6.45) is 0. The second-order valence-corrected chi connectivity index (χ2v) is 3.79. The summed E-state index contributed by atoms with van der Waals surface area (Å²) in [4.78, 5) is 0. The topological polar surface area (TPSA) is 51.8 Å². The number of halogens is 2. The van der Waals surface area contributed by atoms with Gasteiger partial charge in [0.15, 0.2) is 0 Å². The van der Waals surface area contributed by atoms with Gasteiger partial charge in [0.2, 0.25) is 0 Å². The van der Waals surface area contributed by atoms with Crippen LogP contribution in [0.15, 0.2) is 30.3 Å². The van der Waals surface area contributed by atoms with E-state index in [-0.39, 0.29) is 0 Å². The molecule has 1 heterocycles. The van der Waals surface area contributed by atoms with Crippen LogP contribution >= 0.6 is 23.2 Å². The third kappa shape index (κ3) is 2.19. The zero-order chi connectivity index (χ0) is 10.8. The molecule has 1 aromatic heterocycles. The third-order valence-corrected chi connectivity index (χ3v) is 2.64. The minimum atomic E-state index is 0.388. The van der Waals surface area contributed by atoms with Gasteiger partial charge in [0.05, 0.1) is 15.7 Å². The lowest BCUT2D eigenvalue weighted by molar-refractivity contribution is 1.05. The molecule has 0 aliphatic carbocycles. The summed E-state index contributed by atoms with van der Waals surface area (Å²) in [5.74, 6) is 0.388. The summed E-state index contributed by atoms with van der Waals surface area (Å²) in [5.41, 5.74) is 7.01. The number of nitrogen functional groups attached to an aromatic ring is 1. The Morgan fingerprint density at radius 3 is 2.33 bits per heavy atom. The Labute approximate surface area is 96.8 Å². The first-order valence-electron chi connectivity index (χ1n) is 4.21. The normalized spacial score (nSPS) is 10.3. The highest BCUT2D eigenvalue weighted by Gasteiger charge is 2.03. The molecule has 0 aliphatic rings. The molecule has 1 aromatic carbocycles. The zero-order valence-electron chi connectivity index (χ0n) is 7.61. The highest BCUT2D eigenvalue weighted by Crippen LogP contribution is 2.27. The number of benzene rings is 1. The van der Waals surface area contributed by atoms with E-state index in [1.165, 1.54) is 0 Å². The maximum Gasteiger partial charge on any atom is 0.146 e. The molecule has 0 unspecified atom stereocenters. The molecule has 2 aromatic rings. The molecule has 0 radical (unpaired) electrons. The number of nitrogens with zero attached hydrogens (tertiary/aromatic N) is 2. The molecule has 0 atom stereocenters. The van der Waals surface area contributed by atoms with Gasteiger partial charge < -0.3 is 5.73 Å². The van der Waals surface area contributed by atoms with Crippen molar-refractivity contribution in [1.82, 2.24) is 10.2 Å². The lowest BCUT2D eigenvalue weighted by atomic mass is 10.1. The molecule has 3 nitrogen and oxygen atoms in total. The second kappa shape index (κ2) is 4.04. The predicted molar refractivity (Wildman–Crippen MR) is 61.9 cm³/mol. The molecule has 0 saturated heterocycles. The van der Waals surface area contributed by atoms with Crippen molar-refractivity contribution in [2.24, 2.45) is 0 Å². The Morgan fingerprint density at radius 1 is 0.933 bits per heavy atom. The van der Waals surface area contributed by atoms with Crippen LogP contribution in [-0.2, 0) is 0 Å². The first-order chi connectivity index (χ1) is 7.16. The van der Waals surface area contributed by atoms with E-state index in [4.69, 9.17) is 28.9 Å². The Morgan fingerprint density at radius 2 is 1.73 bits per heavy atom. The van der Waals surface area contributed by atoms with E-state index in [1.807, 2.05) is 6.07 Å². The molecular weight excluding hydrogens is 233 g/mol. The number of nitrogens with two attached hydrogens (primary N) is 1. The van der Waals surface area contributed by atoms with Gasteiger partial charge in [-0.2, -0.15) is 0 Å². The van der Waals surface area contributed by atoms with Crippen molar-refractivity contribution in [1.29, 1.82) is 0 Å². The maximum absolute atomic E-state index is 5.89. The molecular formula is C10H7Cl2N3. The van der Waals surface area contributed by atoms with Crippen LogP contribution in [0.1, 0.15) is 0 Å². The first-order valence-corrected chi connectivity index (χ1v) is 4.97. The SMILES string of the molecule is Nc1ccc(-c2ccc(Cl)c(Cl)c2)nn1. The fourth-order valence-electron chi connectivity index (χ4n) is 1.15. The molecule has 76 valence electrons. The first kappa shape index (κ1) is 10.2. The lowest BCUT2D eigenvalue weighted by Crippen LogP contribution is -1.93. The standard InChI is InChI=1S/C10H7Cl2N3/c11-7-2-1-6(5-8(7)12)9-3-4-10(13)15-14-9/h1-5H,(H2,13,15). The zero-order valence-corrected chi connectivity index (χ0v) is 9.13. The van der Waals surface area contributed by atoms with Crippen LogP contribution in [0.2, 0.25) is 10.0 Å². The van der Waals surface area contributed by atoms with Gasteiger partial charge in [0.25, 0.3) is 0 Å². The van der Waals surface area contributed by atoms with E-state index < -0.39 is 0 Å². The number of hydrogen-bond acceptors (Lipinski definition) is 3. The third-order valence-electron chi connectivity index (χ3n) is 1.90. The Hall–Kier alpha value is -1.32. The van der Waals surface area contributed by atoms with E-state index in [0.29, 0.717) is 21.6 Å². The van der Waals surface area contributed by atoms with Gasteiger partial charge >= 0.3 is 0 Å². The van der Waals surface area contributed by atoms with Crippen LogP contribution in [0.3, 0.4) is 0 Å². The summed E-state index contributed by atoms with van der Waals surface area (Å²) in [6.45, 7) is 0. The molecule has 0 fully saturated rings. The molecule has 0 saturated carbocycles. The van der Waals surface area contributed by atoms with Crippen molar-refractivity contribution in [2.45, 2.75) is 0 Å². The second-order valence-electron chi connectivity index (χ2n) is 2.97. The van der Waals surface area contributed by atoms with Crippen LogP contribution in [0, 0.1) is 0 Å². The van der Waals surface area contributed by atoms with Crippen molar-refractivity contribution in [3.63, 3.8) is 0 Å². The molecule has 2 rings (SSSR count). The van der Waals surface area contributed by atoms with Crippen LogP contribution < -0.4 is 5.73 Å². The monoisotopic (exact) mass is 239 g/mol. The predicted octanol–water partition coefficient (Wildman–Crippen LogP) is 3.03. The number of hydrogen-bond donors (Lipinski definition) is 1. The van der Waals surface area contributed by atoms with Crippen molar-refractivity contribution < 1.29 is 0 Å². The van der Waals surface area contributed by atoms with Gasteiger partial charge in [-0.3, -0.25) is 0 Å². The number of aromatic nitrogens is 2. The van der Waals surface area contributed by atoms with Gasteiger partial charge in [-0.15, -0.1) is 10.2 Å². The largest absolute Gasteiger partial charge is 0.382 e. The van der Waals surface area contributed by atoms with Crippen LogP contribution in [0.4, 0.5) is 5.82 Å². The maximum atomic E-state index is 5.89. The van der Waals surface area contributed by atoms with Gasteiger partial charge in [-0.05, 0) is 24.3 Å². The van der Waals surface area contributed by atoms with Crippen LogP contribution in [-0.4, -0.2) is 10.2 Å². The molecule has 2 N–H and O–H groups in total. The van der Waals surface area contributed by atoms with E-state index in [1.54, 1.807) is 24.3 Å². The minimum absolute atomic E-state index is 0.388. The van der Waals surface area contributed by atoms with Crippen molar-refractivity contribution in [2.75, 3.05) is 5.73 Å². The smallest absolute Gasteiger partial charge is 0.146 e. The van der Waals surface area contributed by atoms with E-state index in [0.717, 1.165) is 5.56 Å². The van der Waals surface area contributed by atoms with Gasteiger partial charge in [0, 0.05) is 5.56 Å².